The van der Waals surface area contributed by atoms with Gasteiger partial charge in [-0.05, 0) is 37.9 Å². The topological polar surface area (TPSA) is 84.4 Å². The average Bonchev–Trinajstić information content (AvgIpc) is 2.41. The summed E-state index contributed by atoms with van der Waals surface area (Å²) in [4.78, 5) is 12.8. The first-order valence-corrected chi connectivity index (χ1v) is 6.60. The quantitative estimate of drug-likeness (QED) is 0.495. The lowest BCUT2D eigenvalue weighted by atomic mass is 10.0. The van der Waals surface area contributed by atoms with E-state index in [1.807, 2.05) is 0 Å². The van der Waals surface area contributed by atoms with Crippen LogP contribution in [0.3, 0.4) is 0 Å². The van der Waals surface area contributed by atoms with Crippen molar-refractivity contribution in [2.75, 3.05) is 12.0 Å². The Labute approximate surface area is 112 Å². The molecule has 1 aromatic carbocycles. The van der Waals surface area contributed by atoms with Gasteiger partial charge in [0.1, 0.15) is 5.69 Å². The van der Waals surface area contributed by atoms with Crippen molar-refractivity contribution >= 4 is 11.4 Å². The van der Waals surface area contributed by atoms with Gasteiger partial charge in [0.15, 0.2) is 0 Å². The molecule has 1 aromatic rings. The van der Waals surface area contributed by atoms with Gasteiger partial charge in [-0.25, -0.2) is 0 Å². The third-order valence-corrected chi connectivity index (χ3v) is 3.74. The maximum absolute atomic E-state index is 10.8. The molecule has 1 fully saturated rings. The molecule has 0 bridgehead atoms. The Morgan fingerprint density at radius 2 is 2.32 bits per heavy atom. The first kappa shape index (κ1) is 13.8. The molecule has 0 spiro atoms. The minimum Gasteiger partial charge on any atom is -0.318 e. The van der Waals surface area contributed by atoms with Crippen molar-refractivity contribution in [3.05, 3.63) is 33.9 Å². The van der Waals surface area contributed by atoms with E-state index in [-0.39, 0.29) is 5.69 Å². The van der Waals surface area contributed by atoms with E-state index in [0.717, 1.165) is 18.7 Å². The molecule has 0 radical (unpaired) electrons. The highest BCUT2D eigenvalue weighted by molar-refractivity contribution is 5.62. The maximum atomic E-state index is 10.8. The van der Waals surface area contributed by atoms with Crippen LogP contribution < -0.4 is 11.3 Å². The predicted molar refractivity (Wildman–Crippen MR) is 74.6 cm³/mol. The number of nitro benzene ring substituents is 1. The van der Waals surface area contributed by atoms with Gasteiger partial charge in [-0.2, -0.15) is 0 Å². The van der Waals surface area contributed by atoms with Crippen LogP contribution in [-0.2, 0) is 6.54 Å². The molecule has 0 aliphatic carbocycles. The number of nitrogens with zero attached hydrogens (tertiary/aromatic N) is 2. The number of nitro groups is 1. The van der Waals surface area contributed by atoms with E-state index in [0.29, 0.717) is 11.7 Å². The van der Waals surface area contributed by atoms with Gasteiger partial charge < -0.3 is 5.43 Å². The number of anilines is 1. The van der Waals surface area contributed by atoms with E-state index < -0.39 is 4.92 Å². The summed E-state index contributed by atoms with van der Waals surface area (Å²) < 4.78 is 0. The van der Waals surface area contributed by atoms with Gasteiger partial charge in [-0.3, -0.25) is 20.9 Å². The van der Waals surface area contributed by atoms with Crippen molar-refractivity contribution in [1.29, 1.82) is 0 Å². The molecule has 19 heavy (non-hydrogen) atoms. The molecule has 0 aromatic heterocycles. The highest BCUT2D eigenvalue weighted by atomic mass is 16.6. The van der Waals surface area contributed by atoms with Crippen molar-refractivity contribution < 1.29 is 4.92 Å². The second-order valence-electron chi connectivity index (χ2n) is 5.07. The molecule has 1 aliphatic heterocycles. The van der Waals surface area contributed by atoms with Crippen molar-refractivity contribution in [3.63, 3.8) is 0 Å². The first-order chi connectivity index (χ1) is 9.11. The molecular weight excluding hydrogens is 244 g/mol. The smallest absolute Gasteiger partial charge is 0.293 e. The molecule has 0 saturated carbocycles. The maximum Gasteiger partial charge on any atom is 0.293 e. The fourth-order valence-corrected chi connectivity index (χ4v) is 2.58. The van der Waals surface area contributed by atoms with Crippen LogP contribution in [0.2, 0.25) is 0 Å². The van der Waals surface area contributed by atoms with Gasteiger partial charge in [0.05, 0.1) is 4.92 Å². The van der Waals surface area contributed by atoms with Crippen LogP contribution in [-0.4, -0.2) is 22.4 Å². The Morgan fingerprint density at radius 3 is 2.95 bits per heavy atom. The predicted octanol–water partition coefficient (Wildman–Crippen LogP) is 2.25. The van der Waals surface area contributed by atoms with Gasteiger partial charge in [0.2, 0.25) is 0 Å². The first-order valence-electron chi connectivity index (χ1n) is 6.60. The minimum absolute atomic E-state index is 0.0120. The van der Waals surface area contributed by atoms with Gasteiger partial charge in [0, 0.05) is 18.7 Å². The number of hydrazine groups is 1. The molecule has 6 nitrogen and oxygen atoms in total. The van der Waals surface area contributed by atoms with Gasteiger partial charge in [-0.15, -0.1) is 0 Å². The highest BCUT2D eigenvalue weighted by Gasteiger charge is 2.19. The summed E-state index contributed by atoms with van der Waals surface area (Å²) in [5.41, 5.74) is 3.83. The molecule has 0 amide bonds. The van der Waals surface area contributed by atoms with Crippen LogP contribution in [0.1, 0.15) is 31.7 Å². The lowest BCUT2D eigenvalue weighted by molar-refractivity contribution is -0.384. The van der Waals surface area contributed by atoms with Crippen LogP contribution in [0.25, 0.3) is 0 Å². The highest BCUT2D eigenvalue weighted by Crippen LogP contribution is 2.26. The van der Waals surface area contributed by atoms with Gasteiger partial charge >= 0.3 is 0 Å². The Bertz CT molecular complexity index is 464. The number of nitrogen functional groups attached to an aromatic ring is 1. The third-order valence-electron chi connectivity index (χ3n) is 3.74. The molecule has 6 heteroatoms. The summed E-state index contributed by atoms with van der Waals surface area (Å²) in [7, 11) is 0. The monoisotopic (exact) mass is 264 g/mol. The summed E-state index contributed by atoms with van der Waals surface area (Å²) in [5, 5.41) is 10.8. The van der Waals surface area contributed by atoms with Crippen LogP contribution in [0.4, 0.5) is 11.4 Å². The number of piperidine rings is 1. The lowest BCUT2D eigenvalue weighted by Gasteiger charge is -2.33. The average molecular weight is 264 g/mol. The number of likely N-dealkylation sites (tertiary alicyclic amines) is 1. The fraction of sp³-hybridized carbons (Fsp3) is 0.538. The Balaban J connectivity index is 2.14. The van der Waals surface area contributed by atoms with Crippen LogP contribution in [0.5, 0.6) is 0 Å². The van der Waals surface area contributed by atoms with Crippen molar-refractivity contribution in [2.24, 2.45) is 5.84 Å². The zero-order chi connectivity index (χ0) is 13.8. The van der Waals surface area contributed by atoms with Crippen LogP contribution in [0.15, 0.2) is 18.2 Å². The van der Waals surface area contributed by atoms with E-state index in [1.54, 1.807) is 12.1 Å². The molecule has 1 atom stereocenters. The number of benzene rings is 1. The molecule has 1 unspecified atom stereocenters. The second kappa shape index (κ2) is 5.99. The Kier molecular flexibility index (Phi) is 4.34. The molecule has 104 valence electrons. The van der Waals surface area contributed by atoms with E-state index in [2.05, 4.69) is 17.2 Å². The van der Waals surface area contributed by atoms with E-state index >= 15 is 0 Å². The number of nitrogens with one attached hydrogen (secondary N) is 1. The second-order valence-corrected chi connectivity index (χ2v) is 5.07. The minimum atomic E-state index is -0.428. The number of hydrogen-bond donors (Lipinski definition) is 2. The molecule has 1 saturated heterocycles. The number of nitrogens with two attached hydrogens (primary N) is 1. The van der Waals surface area contributed by atoms with Crippen LogP contribution >= 0.6 is 0 Å². The fourth-order valence-electron chi connectivity index (χ4n) is 2.58. The third kappa shape index (κ3) is 3.21. The summed E-state index contributed by atoms with van der Waals surface area (Å²) in [6, 6.07) is 5.65. The molecule has 2 rings (SSSR count). The normalized spacial score (nSPS) is 20.2. The summed E-state index contributed by atoms with van der Waals surface area (Å²) in [6.45, 7) is 4.13. The molecule has 1 aliphatic rings. The zero-order valence-electron chi connectivity index (χ0n) is 11.1. The van der Waals surface area contributed by atoms with Crippen molar-refractivity contribution in [3.8, 4) is 0 Å². The van der Waals surface area contributed by atoms with Crippen LogP contribution in [0, 0.1) is 10.1 Å². The van der Waals surface area contributed by atoms with E-state index in [9.17, 15) is 10.1 Å². The molecular formula is C13H20N4O2. The summed E-state index contributed by atoms with van der Waals surface area (Å²) in [6.07, 6.45) is 3.72. The largest absolute Gasteiger partial charge is 0.318 e. The molecule has 3 N–H and O–H groups in total. The Hall–Kier alpha value is -1.66. The number of rotatable bonds is 4. The van der Waals surface area contributed by atoms with Gasteiger partial charge in [0.25, 0.3) is 5.69 Å². The standard InChI is InChI=1S/C13H20N4O2/c1-10-4-2-3-7-16(10)9-11-5-6-13(17(18)19)12(8-11)15-14/h5-6,8,10,15H,2-4,7,9,14H2,1H3. The Morgan fingerprint density at radius 1 is 1.53 bits per heavy atom. The SMILES string of the molecule is CC1CCCCN1Cc1ccc([N+](=O)[O-])c(NN)c1. The summed E-state index contributed by atoms with van der Waals surface area (Å²) >= 11 is 0. The van der Waals surface area contributed by atoms with Crippen molar-refractivity contribution in [1.82, 2.24) is 4.90 Å². The van der Waals surface area contributed by atoms with E-state index in [4.69, 9.17) is 5.84 Å². The lowest BCUT2D eigenvalue weighted by Crippen LogP contribution is -2.36. The zero-order valence-corrected chi connectivity index (χ0v) is 11.1. The number of hydrogen-bond acceptors (Lipinski definition) is 5. The molecule has 1 heterocycles. The van der Waals surface area contributed by atoms with Crippen molar-refractivity contribution in [2.45, 2.75) is 38.8 Å². The van der Waals surface area contributed by atoms with E-state index in [1.165, 1.54) is 25.3 Å². The summed E-state index contributed by atoms with van der Waals surface area (Å²) in [5.74, 6) is 5.35. The van der Waals surface area contributed by atoms with Gasteiger partial charge in [-0.1, -0.05) is 12.5 Å².